The monoisotopic (exact) mass is 205 g/mol. The van der Waals surface area contributed by atoms with Gasteiger partial charge in [-0.2, -0.15) is 0 Å². The van der Waals surface area contributed by atoms with Gasteiger partial charge in [0.1, 0.15) is 5.65 Å². The summed E-state index contributed by atoms with van der Waals surface area (Å²) in [6.45, 7) is 2.11. The van der Waals surface area contributed by atoms with Gasteiger partial charge in [-0.3, -0.25) is 5.32 Å². The summed E-state index contributed by atoms with van der Waals surface area (Å²) in [4.78, 5) is 18.2. The summed E-state index contributed by atoms with van der Waals surface area (Å²) in [5.74, 6) is 0. The first-order chi connectivity index (χ1) is 7.31. The van der Waals surface area contributed by atoms with Crippen LogP contribution in [0.5, 0.6) is 0 Å². The van der Waals surface area contributed by atoms with Crippen molar-refractivity contribution in [1.29, 1.82) is 0 Å². The number of aromatic amines is 1. The Labute approximate surface area is 86.5 Å². The van der Waals surface area contributed by atoms with E-state index in [-0.39, 0.29) is 0 Å². The average Bonchev–Trinajstić information content (AvgIpc) is 2.62. The van der Waals surface area contributed by atoms with Crippen molar-refractivity contribution in [1.82, 2.24) is 9.97 Å². The molecule has 0 aliphatic rings. The summed E-state index contributed by atoms with van der Waals surface area (Å²) in [6, 6.07) is 3.69. The van der Waals surface area contributed by atoms with Crippen molar-refractivity contribution in [2.24, 2.45) is 0 Å². The SMILES string of the molecule is CCOC(=O)Nc1c[nH]c2ncccc12. The molecule has 0 spiro atoms. The predicted octanol–water partition coefficient (Wildman–Crippen LogP) is 2.13. The van der Waals surface area contributed by atoms with Gasteiger partial charge in [0.25, 0.3) is 0 Å². The van der Waals surface area contributed by atoms with Crippen LogP contribution < -0.4 is 5.32 Å². The van der Waals surface area contributed by atoms with E-state index < -0.39 is 6.09 Å². The smallest absolute Gasteiger partial charge is 0.411 e. The minimum absolute atomic E-state index is 0.354. The van der Waals surface area contributed by atoms with Crippen LogP contribution in [0, 0.1) is 0 Å². The summed E-state index contributed by atoms with van der Waals surface area (Å²) >= 11 is 0. The van der Waals surface area contributed by atoms with Crippen LogP contribution in [0.2, 0.25) is 0 Å². The predicted molar refractivity (Wildman–Crippen MR) is 56.7 cm³/mol. The first-order valence-electron chi connectivity index (χ1n) is 4.67. The Morgan fingerprint density at radius 2 is 2.53 bits per heavy atom. The fourth-order valence-electron chi connectivity index (χ4n) is 1.34. The number of nitrogens with zero attached hydrogens (tertiary/aromatic N) is 1. The zero-order valence-corrected chi connectivity index (χ0v) is 8.28. The van der Waals surface area contributed by atoms with E-state index in [1.807, 2.05) is 12.1 Å². The number of amides is 1. The Morgan fingerprint density at radius 1 is 1.67 bits per heavy atom. The van der Waals surface area contributed by atoms with Gasteiger partial charge in [-0.25, -0.2) is 9.78 Å². The number of H-pyrrole nitrogens is 1. The molecule has 2 N–H and O–H groups in total. The second-order valence-corrected chi connectivity index (χ2v) is 2.95. The zero-order valence-electron chi connectivity index (χ0n) is 8.28. The van der Waals surface area contributed by atoms with Crippen LogP contribution in [0.3, 0.4) is 0 Å². The third-order valence-corrected chi connectivity index (χ3v) is 1.96. The van der Waals surface area contributed by atoms with Gasteiger partial charge in [-0.1, -0.05) is 0 Å². The number of hydrogen-bond donors (Lipinski definition) is 2. The molecule has 2 aromatic heterocycles. The maximum absolute atomic E-state index is 11.2. The summed E-state index contributed by atoms with van der Waals surface area (Å²) < 4.78 is 4.78. The van der Waals surface area contributed by atoms with E-state index in [0.717, 1.165) is 11.0 Å². The normalized spacial score (nSPS) is 10.2. The van der Waals surface area contributed by atoms with Crippen LogP contribution in [-0.2, 0) is 4.74 Å². The second kappa shape index (κ2) is 4.00. The number of ether oxygens (including phenoxy) is 1. The fraction of sp³-hybridized carbons (Fsp3) is 0.200. The van der Waals surface area contributed by atoms with E-state index in [1.165, 1.54) is 0 Å². The van der Waals surface area contributed by atoms with Gasteiger partial charge in [-0.05, 0) is 19.1 Å². The Morgan fingerprint density at radius 3 is 3.33 bits per heavy atom. The molecule has 5 nitrogen and oxygen atoms in total. The molecular weight excluding hydrogens is 194 g/mol. The van der Waals surface area contributed by atoms with E-state index in [0.29, 0.717) is 12.3 Å². The Kier molecular flexibility index (Phi) is 2.53. The molecule has 1 amide bonds. The highest BCUT2D eigenvalue weighted by Crippen LogP contribution is 2.20. The first-order valence-corrected chi connectivity index (χ1v) is 4.67. The van der Waals surface area contributed by atoms with Crippen LogP contribution in [0.15, 0.2) is 24.5 Å². The molecule has 0 aromatic carbocycles. The quantitative estimate of drug-likeness (QED) is 0.789. The minimum Gasteiger partial charge on any atom is -0.450 e. The molecule has 0 bridgehead atoms. The molecule has 2 aromatic rings. The molecule has 0 saturated carbocycles. The second-order valence-electron chi connectivity index (χ2n) is 2.95. The van der Waals surface area contributed by atoms with Gasteiger partial charge >= 0.3 is 6.09 Å². The number of pyridine rings is 1. The summed E-state index contributed by atoms with van der Waals surface area (Å²) in [6.07, 6.45) is 2.92. The maximum atomic E-state index is 11.2. The van der Waals surface area contributed by atoms with E-state index in [2.05, 4.69) is 15.3 Å². The molecule has 0 aliphatic heterocycles. The molecule has 2 heterocycles. The van der Waals surface area contributed by atoms with Gasteiger partial charge < -0.3 is 9.72 Å². The lowest BCUT2D eigenvalue weighted by atomic mass is 10.3. The number of rotatable bonds is 2. The lowest BCUT2D eigenvalue weighted by molar-refractivity contribution is 0.168. The largest absolute Gasteiger partial charge is 0.450 e. The molecule has 0 unspecified atom stereocenters. The molecule has 15 heavy (non-hydrogen) atoms. The Hall–Kier alpha value is -2.04. The molecule has 0 fully saturated rings. The number of anilines is 1. The van der Waals surface area contributed by atoms with E-state index >= 15 is 0 Å². The van der Waals surface area contributed by atoms with Gasteiger partial charge in [0.2, 0.25) is 0 Å². The third-order valence-electron chi connectivity index (χ3n) is 1.96. The molecule has 78 valence electrons. The summed E-state index contributed by atoms with van der Waals surface area (Å²) in [5, 5.41) is 3.50. The van der Waals surface area contributed by atoms with Crippen molar-refractivity contribution in [2.75, 3.05) is 11.9 Å². The van der Waals surface area contributed by atoms with Crippen LogP contribution in [0.4, 0.5) is 10.5 Å². The number of nitrogens with one attached hydrogen (secondary N) is 2. The lowest BCUT2D eigenvalue weighted by Crippen LogP contribution is -2.12. The van der Waals surface area contributed by atoms with Crippen LogP contribution >= 0.6 is 0 Å². The number of hydrogen-bond acceptors (Lipinski definition) is 3. The van der Waals surface area contributed by atoms with Gasteiger partial charge in [0, 0.05) is 17.8 Å². The summed E-state index contributed by atoms with van der Waals surface area (Å²) in [7, 11) is 0. The Bertz CT molecular complexity index is 478. The van der Waals surface area contributed by atoms with Gasteiger partial charge in [0.15, 0.2) is 0 Å². The minimum atomic E-state index is -0.456. The van der Waals surface area contributed by atoms with Crippen LogP contribution in [0.25, 0.3) is 11.0 Å². The highest BCUT2D eigenvalue weighted by atomic mass is 16.5. The third kappa shape index (κ3) is 1.90. The molecule has 5 heteroatoms. The highest BCUT2D eigenvalue weighted by Gasteiger charge is 2.07. The van der Waals surface area contributed by atoms with Gasteiger partial charge in [-0.15, -0.1) is 0 Å². The molecule has 0 radical (unpaired) electrons. The molecule has 0 saturated heterocycles. The Balaban J connectivity index is 2.25. The van der Waals surface area contributed by atoms with E-state index in [1.54, 1.807) is 19.3 Å². The molecule has 2 rings (SSSR count). The molecular formula is C10H11N3O2. The van der Waals surface area contributed by atoms with Gasteiger partial charge in [0.05, 0.1) is 12.3 Å². The first kappa shape index (κ1) is 9.51. The number of carbonyl (C=O) groups excluding carboxylic acids is 1. The van der Waals surface area contributed by atoms with Crippen LogP contribution in [-0.4, -0.2) is 22.7 Å². The highest BCUT2D eigenvalue weighted by molar-refractivity contribution is 5.97. The molecule has 0 atom stereocenters. The average molecular weight is 205 g/mol. The van der Waals surface area contributed by atoms with E-state index in [4.69, 9.17) is 4.74 Å². The van der Waals surface area contributed by atoms with Crippen molar-refractivity contribution >= 4 is 22.8 Å². The standard InChI is InChI=1S/C10H11N3O2/c1-2-15-10(14)13-8-6-12-9-7(8)4-3-5-11-9/h3-6H,2H2,1H3,(H,11,12)(H,13,14). The van der Waals surface area contributed by atoms with Crippen molar-refractivity contribution in [2.45, 2.75) is 6.92 Å². The lowest BCUT2D eigenvalue weighted by Gasteiger charge is -2.02. The van der Waals surface area contributed by atoms with Crippen molar-refractivity contribution in [3.63, 3.8) is 0 Å². The van der Waals surface area contributed by atoms with Crippen molar-refractivity contribution < 1.29 is 9.53 Å². The van der Waals surface area contributed by atoms with Crippen molar-refractivity contribution in [3.05, 3.63) is 24.5 Å². The fourth-order valence-corrected chi connectivity index (χ4v) is 1.34. The van der Waals surface area contributed by atoms with Crippen LogP contribution in [0.1, 0.15) is 6.92 Å². The number of aromatic nitrogens is 2. The number of carbonyl (C=O) groups is 1. The zero-order chi connectivity index (χ0) is 10.7. The topological polar surface area (TPSA) is 67.0 Å². The van der Waals surface area contributed by atoms with E-state index in [9.17, 15) is 4.79 Å². The number of fused-ring (bicyclic) bond motifs is 1. The molecule has 0 aliphatic carbocycles. The maximum Gasteiger partial charge on any atom is 0.411 e. The van der Waals surface area contributed by atoms with Crippen molar-refractivity contribution in [3.8, 4) is 0 Å². The summed E-state index contributed by atoms with van der Waals surface area (Å²) in [5.41, 5.74) is 1.42.